The highest BCUT2D eigenvalue weighted by Crippen LogP contribution is 2.29. The predicted octanol–water partition coefficient (Wildman–Crippen LogP) is 1.87. The van der Waals surface area contributed by atoms with Gasteiger partial charge in [0.05, 0.1) is 0 Å². The lowest BCUT2D eigenvalue weighted by Crippen LogP contribution is -2.54. The van der Waals surface area contributed by atoms with Crippen LogP contribution in [-0.2, 0) is 0 Å². The Morgan fingerprint density at radius 2 is 1.73 bits per heavy atom. The summed E-state index contributed by atoms with van der Waals surface area (Å²) < 4.78 is 38.4. The molecule has 5 heteroatoms. The summed E-state index contributed by atoms with van der Waals surface area (Å²) in [5, 5.41) is 3.07. The van der Waals surface area contributed by atoms with Gasteiger partial charge in [-0.2, -0.15) is 13.2 Å². The highest BCUT2D eigenvalue weighted by atomic mass is 19.4. The molecular weight excluding hydrogens is 205 g/mol. The van der Waals surface area contributed by atoms with Gasteiger partial charge in [-0.25, -0.2) is 0 Å². The lowest BCUT2D eigenvalue weighted by molar-refractivity contribution is -0.189. The van der Waals surface area contributed by atoms with Crippen LogP contribution in [0.25, 0.3) is 0 Å². The van der Waals surface area contributed by atoms with Crippen LogP contribution in [0.3, 0.4) is 0 Å². The third kappa shape index (κ3) is 3.99. The van der Waals surface area contributed by atoms with E-state index in [9.17, 15) is 13.2 Å². The van der Waals surface area contributed by atoms with Crippen LogP contribution in [-0.4, -0.2) is 43.3 Å². The maximum atomic E-state index is 12.8. The molecule has 0 saturated carbocycles. The summed E-state index contributed by atoms with van der Waals surface area (Å²) in [7, 11) is 0. The van der Waals surface area contributed by atoms with Gasteiger partial charge >= 0.3 is 6.18 Å². The maximum Gasteiger partial charge on any atom is 0.404 e. The summed E-state index contributed by atoms with van der Waals surface area (Å²) in [6, 6.07) is -1.26. The predicted molar refractivity (Wildman–Crippen MR) is 53.7 cm³/mol. The zero-order chi connectivity index (χ0) is 11.5. The van der Waals surface area contributed by atoms with Crippen LogP contribution < -0.4 is 5.32 Å². The SMILES string of the molecule is CC(C)C[C@H](N1CCNCC1)C(F)(F)F. The molecule has 1 atom stereocenters. The summed E-state index contributed by atoms with van der Waals surface area (Å²) in [5.41, 5.74) is 0. The number of hydrogen-bond donors (Lipinski definition) is 1. The van der Waals surface area contributed by atoms with Crippen LogP contribution in [0.15, 0.2) is 0 Å². The maximum absolute atomic E-state index is 12.8. The van der Waals surface area contributed by atoms with Crippen molar-refractivity contribution in [3.8, 4) is 0 Å². The fraction of sp³-hybridized carbons (Fsp3) is 1.00. The van der Waals surface area contributed by atoms with E-state index in [0.29, 0.717) is 26.2 Å². The molecule has 0 aromatic rings. The molecule has 1 rings (SSSR count). The smallest absolute Gasteiger partial charge is 0.314 e. The third-order valence-corrected chi connectivity index (χ3v) is 2.66. The van der Waals surface area contributed by atoms with E-state index in [1.54, 1.807) is 4.90 Å². The largest absolute Gasteiger partial charge is 0.404 e. The summed E-state index contributed by atoms with van der Waals surface area (Å²) in [5.74, 6) is 0.0755. The number of hydrogen-bond acceptors (Lipinski definition) is 2. The van der Waals surface area contributed by atoms with E-state index in [0.717, 1.165) is 0 Å². The molecule has 0 spiro atoms. The normalized spacial score (nSPS) is 22.0. The van der Waals surface area contributed by atoms with Crippen molar-refractivity contribution >= 4 is 0 Å². The molecule has 1 aliphatic rings. The Kier molecular flexibility index (Phi) is 4.40. The molecule has 0 radical (unpaired) electrons. The molecule has 0 amide bonds. The number of alkyl halides is 3. The van der Waals surface area contributed by atoms with Gasteiger partial charge in [0.15, 0.2) is 0 Å². The van der Waals surface area contributed by atoms with Gasteiger partial charge in [0.2, 0.25) is 0 Å². The molecule has 0 aliphatic carbocycles. The molecular formula is C10H19F3N2. The number of nitrogens with zero attached hydrogens (tertiary/aromatic N) is 1. The average molecular weight is 224 g/mol. The van der Waals surface area contributed by atoms with Gasteiger partial charge in [0.1, 0.15) is 6.04 Å². The Morgan fingerprint density at radius 1 is 1.20 bits per heavy atom. The number of rotatable bonds is 3. The second-order valence-corrected chi connectivity index (χ2v) is 4.47. The van der Waals surface area contributed by atoms with Crippen LogP contribution >= 0.6 is 0 Å². The van der Waals surface area contributed by atoms with E-state index in [1.807, 2.05) is 13.8 Å². The van der Waals surface area contributed by atoms with Crippen LogP contribution in [0.4, 0.5) is 13.2 Å². The Hall–Kier alpha value is -0.290. The van der Waals surface area contributed by atoms with Crippen LogP contribution in [0.2, 0.25) is 0 Å². The van der Waals surface area contributed by atoms with Crippen molar-refractivity contribution in [2.24, 2.45) is 5.92 Å². The van der Waals surface area contributed by atoms with E-state index in [2.05, 4.69) is 5.32 Å². The zero-order valence-electron chi connectivity index (χ0n) is 9.27. The molecule has 15 heavy (non-hydrogen) atoms. The van der Waals surface area contributed by atoms with Gasteiger partial charge < -0.3 is 5.32 Å². The molecule has 90 valence electrons. The monoisotopic (exact) mass is 224 g/mol. The van der Waals surface area contributed by atoms with Gasteiger partial charge in [-0.1, -0.05) is 13.8 Å². The minimum atomic E-state index is -4.10. The van der Waals surface area contributed by atoms with E-state index >= 15 is 0 Å². The van der Waals surface area contributed by atoms with Crippen molar-refractivity contribution in [3.63, 3.8) is 0 Å². The first-order chi connectivity index (χ1) is 6.91. The Labute approximate surface area is 88.8 Å². The standard InChI is InChI=1S/C10H19F3N2/c1-8(2)7-9(10(11,12)13)15-5-3-14-4-6-15/h8-9,14H,3-7H2,1-2H3/t9-/m0/s1. The first-order valence-electron chi connectivity index (χ1n) is 5.42. The number of nitrogens with one attached hydrogen (secondary N) is 1. The zero-order valence-corrected chi connectivity index (χ0v) is 9.27. The molecule has 0 unspecified atom stereocenters. The second-order valence-electron chi connectivity index (χ2n) is 4.47. The van der Waals surface area contributed by atoms with Crippen molar-refractivity contribution in [1.82, 2.24) is 10.2 Å². The molecule has 0 aromatic carbocycles. The lowest BCUT2D eigenvalue weighted by Gasteiger charge is -2.36. The molecule has 1 saturated heterocycles. The van der Waals surface area contributed by atoms with Gasteiger partial charge in [-0.3, -0.25) is 4.90 Å². The van der Waals surface area contributed by atoms with Gasteiger partial charge in [0.25, 0.3) is 0 Å². The molecule has 1 aliphatic heterocycles. The minimum absolute atomic E-state index is 0.0755. The highest BCUT2D eigenvalue weighted by Gasteiger charge is 2.43. The molecule has 2 nitrogen and oxygen atoms in total. The summed E-state index contributed by atoms with van der Waals surface area (Å²) >= 11 is 0. The van der Waals surface area contributed by atoms with Gasteiger partial charge in [-0.15, -0.1) is 0 Å². The summed E-state index contributed by atoms with van der Waals surface area (Å²) in [4.78, 5) is 1.55. The molecule has 1 heterocycles. The molecule has 0 aromatic heterocycles. The number of piperazine rings is 1. The van der Waals surface area contributed by atoms with Gasteiger partial charge in [0, 0.05) is 26.2 Å². The van der Waals surface area contributed by atoms with Gasteiger partial charge in [-0.05, 0) is 12.3 Å². The van der Waals surface area contributed by atoms with Crippen molar-refractivity contribution in [2.45, 2.75) is 32.5 Å². The fourth-order valence-electron chi connectivity index (χ4n) is 1.93. The summed E-state index contributed by atoms with van der Waals surface area (Å²) in [6.07, 6.45) is -3.90. The molecule has 0 bridgehead atoms. The first-order valence-corrected chi connectivity index (χ1v) is 5.42. The first kappa shape index (κ1) is 12.8. The van der Waals surface area contributed by atoms with Crippen LogP contribution in [0.5, 0.6) is 0 Å². The lowest BCUT2D eigenvalue weighted by atomic mass is 10.0. The van der Waals surface area contributed by atoms with Crippen LogP contribution in [0, 0.1) is 5.92 Å². The second kappa shape index (κ2) is 5.16. The van der Waals surface area contributed by atoms with Crippen molar-refractivity contribution < 1.29 is 13.2 Å². The van der Waals surface area contributed by atoms with Crippen LogP contribution in [0.1, 0.15) is 20.3 Å². The number of halogens is 3. The summed E-state index contributed by atoms with van der Waals surface area (Å²) in [6.45, 7) is 5.98. The van der Waals surface area contributed by atoms with E-state index in [-0.39, 0.29) is 12.3 Å². The molecule has 1 N–H and O–H groups in total. The van der Waals surface area contributed by atoms with Crippen molar-refractivity contribution in [1.29, 1.82) is 0 Å². The Morgan fingerprint density at radius 3 is 2.13 bits per heavy atom. The Balaban J connectivity index is 2.61. The average Bonchev–Trinajstić information content (AvgIpc) is 2.14. The highest BCUT2D eigenvalue weighted by molar-refractivity contribution is 4.82. The Bertz CT molecular complexity index is 186. The van der Waals surface area contributed by atoms with Crippen molar-refractivity contribution in [2.75, 3.05) is 26.2 Å². The van der Waals surface area contributed by atoms with E-state index < -0.39 is 12.2 Å². The topological polar surface area (TPSA) is 15.3 Å². The minimum Gasteiger partial charge on any atom is -0.314 e. The third-order valence-electron chi connectivity index (χ3n) is 2.66. The molecule has 1 fully saturated rings. The fourth-order valence-corrected chi connectivity index (χ4v) is 1.93. The van der Waals surface area contributed by atoms with Crippen molar-refractivity contribution in [3.05, 3.63) is 0 Å². The van der Waals surface area contributed by atoms with E-state index in [1.165, 1.54) is 0 Å². The van der Waals surface area contributed by atoms with E-state index in [4.69, 9.17) is 0 Å². The quantitative estimate of drug-likeness (QED) is 0.787.